The molecule has 0 saturated carbocycles. The molecule has 2 heterocycles. The van der Waals surface area contributed by atoms with Crippen molar-refractivity contribution < 1.29 is 8.42 Å². The number of nitrogens with zero attached hydrogens (tertiary/aromatic N) is 1. The highest BCUT2D eigenvalue weighted by atomic mass is 32.2. The minimum absolute atomic E-state index is 0.493. The van der Waals surface area contributed by atoms with Crippen molar-refractivity contribution in [2.24, 2.45) is 5.92 Å². The van der Waals surface area contributed by atoms with Crippen molar-refractivity contribution >= 4 is 21.4 Å². The van der Waals surface area contributed by atoms with Crippen LogP contribution in [0.15, 0.2) is 15.7 Å². The largest absolute Gasteiger partial charge is 0.313 e. The molecule has 1 atom stereocenters. The van der Waals surface area contributed by atoms with Crippen LogP contribution in [-0.2, 0) is 16.6 Å². The van der Waals surface area contributed by atoms with Gasteiger partial charge in [0, 0.05) is 19.6 Å². The van der Waals surface area contributed by atoms with Gasteiger partial charge >= 0.3 is 0 Å². The molecule has 1 aliphatic heterocycles. The fourth-order valence-corrected chi connectivity index (χ4v) is 5.67. The Morgan fingerprint density at radius 3 is 2.90 bits per heavy atom. The topological polar surface area (TPSA) is 49.4 Å². The van der Waals surface area contributed by atoms with Crippen molar-refractivity contribution in [3.05, 3.63) is 17.0 Å². The second kappa shape index (κ2) is 7.72. The lowest BCUT2D eigenvalue weighted by Gasteiger charge is -2.15. The van der Waals surface area contributed by atoms with E-state index in [1.54, 1.807) is 4.31 Å². The van der Waals surface area contributed by atoms with Gasteiger partial charge in [0.05, 0.1) is 0 Å². The summed E-state index contributed by atoms with van der Waals surface area (Å²) in [5.74, 6) is 0.537. The molecule has 0 spiro atoms. The summed E-state index contributed by atoms with van der Waals surface area (Å²) in [6.45, 7) is 7.36. The third kappa shape index (κ3) is 4.28. The zero-order valence-corrected chi connectivity index (χ0v) is 14.6. The molecule has 0 amide bonds. The van der Waals surface area contributed by atoms with Gasteiger partial charge < -0.3 is 5.32 Å². The van der Waals surface area contributed by atoms with E-state index in [4.69, 9.17) is 0 Å². The van der Waals surface area contributed by atoms with E-state index in [2.05, 4.69) is 19.2 Å². The van der Waals surface area contributed by atoms with Gasteiger partial charge in [0.15, 0.2) is 0 Å². The lowest BCUT2D eigenvalue weighted by atomic mass is 10.0. The molecular weight excluding hydrogens is 304 g/mol. The molecule has 1 aromatic heterocycles. The summed E-state index contributed by atoms with van der Waals surface area (Å²) >= 11 is 1.35. The van der Waals surface area contributed by atoms with E-state index in [0.717, 1.165) is 44.3 Å². The van der Waals surface area contributed by atoms with Gasteiger partial charge in [-0.2, -0.15) is 4.31 Å². The fourth-order valence-electron chi connectivity index (χ4n) is 2.78. The Labute approximate surface area is 132 Å². The Hall–Kier alpha value is -0.430. The summed E-state index contributed by atoms with van der Waals surface area (Å²) in [5, 5.41) is 5.26. The highest BCUT2D eigenvalue weighted by Crippen LogP contribution is 2.29. The lowest BCUT2D eigenvalue weighted by molar-refractivity contribution is 0.446. The summed E-state index contributed by atoms with van der Waals surface area (Å²) in [6.07, 6.45) is 4.35. The molecule has 1 saturated heterocycles. The van der Waals surface area contributed by atoms with Crippen molar-refractivity contribution in [2.75, 3.05) is 19.6 Å². The van der Waals surface area contributed by atoms with Crippen molar-refractivity contribution in [3.63, 3.8) is 0 Å². The number of hydrogen-bond donors (Lipinski definition) is 1. The van der Waals surface area contributed by atoms with Crippen LogP contribution in [0, 0.1) is 5.92 Å². The van der Waals surface area contributed by atoms with Gasteiger partial charge in [-0.3, -0.25) is 0 Å². The van der Waals surface area contributed by atoms with E-state index < -0.39 is 10.0 Å². The highest BCUT2D eigenvalue weighted by Gasteiger charge is 2.32. The molecule has 1 unspecified atom stereocenters. The van der Waals surface area contributed by atoms with E-state index >= 15 is 0 Å². The first-order chi connectivity index (χ1) is 10.1. The smallest absolute Gasteiger partial charge is 0.252 e. The van der Waals surface area contributed by atoms with Crippen LogP contribution in [0.3, 0.4) is 0 Å². The van der Waals surface area contributed by atoms with E-state index in [1.807, 2.05) is 11.4 Å². The minimum Gasteiger partial charge on any atom is -0.313 e. The monoisotopic (exact) mass is 330 g/mol. The Morgan fingerprint density at radius 2 is 2.19 bits per heavy atom. The Morgan fingerprint density at radius 1 is 1.38 bits per heavy atom. The molecule has 0 aliphatic carbocycles. The van der Waals surface area contributed by atoms with Crippen LogP contribution >= 0.6 is 11.3 Å². The van der Waals surface area contributed by atoms with Gasteiger partial charge in [0.1, 0.15) is 4.21 Å². The fraction of sp³-hybridized carbons (Fsp3) is 0.733. The molecule has 0 bridgehead atoms. The molecule has 1 fully saturated rings. The molecule has 1 aromatic rings. The summed E-state index contributed by atoms with van der Waals surface area (Å²) < 4.78 is 27.4. The number of hydrogen-bond acceptors (Lipinski definition) is 4. The SMILES string of the molecule is CCCNCc1csc(S(=O)(=O)N2CCC(CCC)C2)c1. The molecule has 2 rings (SSSR count). The third-order valence-corrected chi connectivity index (χ3v) is 7.25. The van der Waals surface area contributed by atoms with E-state index in [1.165, 1.54) is 11.3 Å². The predicted molar refractivity (Wildman–Crippen MR) is 88.1 cm³/mol. The number of rotatable bonds is 8. The Balaban J connectivity index is 2.00. The average Bonchev–Trinajstić information content (AvgIpc) is 3.09. The summed E-state index contributed by atoms with van der Waals surface area (Å²) in [4.78, 5) is 0. The zero-order chi connectivity index (χ0) is 15.3. The summed E-state index contributed by atoms with van der Waals surface area (Å²) in [6, 6.07) is 1.83. The minimum atomic E-state index is -3.28. The molecule has 0 aromatic carbocycles. The first-order valence-electron chi connectivity index (χ1n) is 7.86. The summed E-state index contributed by atoms with van der Waals surface area (Å²) in [5.41, 5.74) is 1.07. The van der Waals surface area contributed by atoms with Gasteiger partial charge in [-0.25, -0.2) is 8.42 Å². The molecule has 4 nitrogen and oxygen atoms in total. The molecule has 21 heavy (non-hydrogen) atoms. The first kappa shape index (κ1) is 16.9. The number of nitrogens with one attached hydrogen (secondary N) is 1. The van der Waals surface area contributed by atoms with Crippen LogP contribution in [0.2, 0.25) is 0 Å². The third-order valence-electron chi connectivity index (χ3n) is 3.93. The predicted octanol–water partition coefficient (Wildman–Crippen LogP) is 3.06. The Bertz CT molecular complexity index is 540. The summed E-state index contributed by atoms with van der Waals surface area (Å²) in [7, 11) is -3.28. The van der Waals surface area contributed by atoms with Crippen molar-refractivity contribution in [1.82, 2.24) is 9.62 Å². The molecule has 120 valence electrons. The van der Waals surface area contributed by atoms with Gasteiger partial charge in [-0.15, -0.1) is 11.3 Å². The van der Waals surface area contributed by atoms with Crippen molar-refractivity contribution in [2.45, 2.75) is 50.3 Å². The van der Waals surface area contributed by atoms with Crippen LogP contribution in [-0.4, -0.2) is 32.4 Å². The zero-order valence-electron chi connectivity index (χ0n) is 13.0. The average molecular weight is 331 g/mol. The quantitative estimate of drug-likeness (QED) is 0.745. The van der Waals surface area contributed by atoms with Crippen LogP contribution in [0.1, 0.15) is 45.1 Å². The molecule has 6 heteroatoms. The number of sulfonamides is 1. The van der Waals surface area contributed by atoms with Crippen LogP contribution in [0.5, 0.6) is 0 Å². The van der Waals surface area contributed by atoms with Gasteiger partial charge in [-0.05, 0) is 48.7 Å². The van der Waals surface area contributed by atoms with E-state index in [0.29, 0.717) is 23.2 Å². The maximum Gasteiger partial charge on any atom is 0.252 e. The second-order valence-electron chi connectivity index (χ2n) is 5.76. The van der Waals surface area contributed by atoms with Gasteiger partial charge in [0.2, 0.25) is 0 Å². The van der Waals surface area contributed by atoms with E-state index in [-0.39, 0.29) is 0 Å². The lowest BCUT2D eigenvalue weighted by Crippen LogP contribution is -2.28. The van der Waals surface area contributed by atoms with Crippen LogP contribution in [0.25, 0.3) is 0 Å². The first-order valence-corrected chi connectivity index (χ1v) is 10.2. The second-order valence-corrected chi connectivity index (χ2v) is 8.83. The van der Waals surface area contributed by atoms with Crippen LogP contribution < -0.4 is 5.32 Å². The van der Waals surface area contributed by atoms with Gasteiger partial charge in [0.25, 0.3) is 10.0 Å². The van der Waals surface area contributed by atoms with E-state index in [9.17, 15) is 8.42 Å². The highest BCUT2D eigenvalue weighted by molar-refractivity contribution is 7.91. The molecular formula is C15H26N2O2S2. The maximum absolute atomic E-state index is 12.6. The molecule has 1 N–H and O–H groups in total. The standard InChI is InChI=1S/C15H26N2O2S2/c1-3-5-13-6-8-17(11-13)21(18,19)15-9-14(12-20-15)10-16-7-4-2/h9,12-13,16H,3-8,10-11H2,1-2H3. The van der Waals surface area contributed by atoms with Crippen molar-refractivity contribution in [1.29, 1.82) is 0 Å². The number of thiophene rings is 1. The molecule has 0 radical (unpaired) electrons. The van der Waals surface area contributed by atoms with Gasteiger partial charge in [-0.1, -0.05) is 20.3 Å². The van der Waals surface area contributed by atoms with Crippen LogP contribution in [0.4, 0.5) is 0 Å². The Kier molecular flexibility index (Phi) is 6.22. The van der Waals surface area contributed by atoms with Crippen molar-refractivity contribution in [3.8, 4) is 0 Å². The maximum atomic E-state index is 12.6. The molecule has 1 aliphatic rings. The normalized spacial score (nSPS) is 20.2.